The minimum Gasteiger partial charge on any atom is -0.480 e. The molecule has 0 spiro atoms. The van der Waals surface area contributed by atoms with Crippen molar-refractivity contribution in [2.45, 2.75) is 44.8 Å². The first-order chi connectivity index (χ1) is 11.0. The smallest absolute Gasteiger partial charge is 0.408 e. The van der Waals surface area contributed by atoms with Crippen molar-refractivity contribution in [3.8, 4) is 0 Å². The Labute approximate surface area is 136 Å². The topological polar surface area (TPSA) is 75.6 Å². The predicted molar refractivity (Wildman–Crippen MR) is 84.7 cm³/mol. The average Bonchev–Trinajstić information content (AvgIpc) is 3.17. The predicted octanol–water partition coefficient (Wildman–Crippen LogP) is 3.19. The zero-order chi connectivity index (χ0) is 16.4. The van der Waals surface area contributed by atoms with Crippen LogP contribution in [0.3, 0.4) is 0 Å². The van der Waals surface area contributed by atoms with E-state index in [1.54, 1.807) is 6.92 Å². The number of hydrogen-bond acceptors (Lipinski definition) is 3. The molecule has 2 N–H and O–H groups in total. The molecule has 2 bridgehead atoms. The third-order valence-corrected chi connectivity index (χ3v) is 5.50. The molecule has 4 unspecified atom stereocenters. The number of nitrogens with one attached hydrogen (secondary N) is 1. The number of benzene rings is 1. The van der Waals surface area contributed by atoms with E-state index in [0.29, 0.717) is 11.8 Å². The Kier molecular flexibility index (Phi) is 4.28. The average molecular weight is 317 g/mol. The van der Waals surface area contributed by atoms with E-state index in [1.165, 1.54) is 6.42 Å². The van der Waals surface area contributed by atoms with E-state index >= 15 is 0 Å². The van der Waals surface area contributed by atoms with Crippen LogP contribution < -0.4 is 5.32 Å². The zero-order valence-corrected chi connectivity index (χ0v) is 13.3. The number of fused-ring (bicyclic) bond motifs is 2. The molecule has 0 saturated heterocycles. The molecular formula is C18H23NO4. The second-order valence-electron chi connectivity index (χ2n) is 6.98. The summed E-state index contributed by atoms with van der Waals surface area (Å²) in [6, 6.07) is 9.35. The maximum absolute atomic E-state index is 12.1. The highest BCUT2D eigenvalue weighted by Gasteiger charge is 2.53. The molecule has 3 rings (SSSR count). The molecule has 1 aromatic rings. The molecule has 0 aliphatic heterocycles. The van der Waals surface area contributed by atoms with E-state index in [2.05, 4.69) is 5.32 Å². The number of carboxylic acid groups (broad SMARTS) is 1. The summed E-state index contributed by atoms with van der Waals surface area (Å²) in [7, 11) is 0. The van der Waals surface area contributed by atoms with Crippen molar-refractivity contribution >= 4 is 12.1 Å². The fraction of sp³-hybridized carbons (Fsp3) is 0.556. The van der Waals surface area contributed by atoms with E-state index in [-0.39, 0.29) is 12.5 Å². The molecule has 1 amide bonds. The van der Waals surface area contributed by atoms with E-state index in [4.69, 9.17) is 4.74 Å². The van der Waals surface area contributed by atoms with Crippen molar-refractivity contribution in [2.75, 3.05) is 0 Å². The van der Waals surface area contributed by atoms with Crippen LogP contribution in [0.5, 0.6) is 0 Å². The van der Waals surface area contributed by atoms with Gasteiger partial charge in [0.2, 0.25) is 0 Å². The number of aliphatic carboxylic acids is 1. The SMILES string of the molecule is CC(NC(=O)OCc1ccccc1)(C(=O)O)C1CC2CCC1C2. The van der Waals surface area contributed by atoms with Crippen LogP contribution in [0.2, 0.25) is 0 Å². The quantitative estimate of drug-likeness (QED) is 0.874. The third kappa shape index (κ3) is 3.19. The van der Waals surface area contributed by atoms with Gasteiger partial charge in [0, 0.05) is 0 Å². The highest BCUT2D eigenvalue weighted by molar-refractivity contribution is 5.84. The van der Waals surface area contributed by atoms with Gasteiger partial charge in [0.25, 0.3) is 0 Å². The first-order valence-corrected chi connectivity index (χ1v) is 8.21. The van der Waals surface area contributed by atoms with Crippen LogP contribution in [0.25, 0.3) is 0 Å². The van der Waals surface area contributed by atoms with Gasteiger partial charge in [-0.1, -0.05) is 36.8 Å². The lowest BCUT2D eigenvalue weighted by atomic mass is 9.75. The van der Waals surface area contributed by atoms with Crippen LogP contribution in [-0.4, -0.2) is 22.7 Å². The van der Waals surface area contributed by atoms with Crippen LogP contribution in [0, 0.1) is 17.8 Å². The normalized spacial score (nSPS) is 28.1. The number of carboxylic acids is 1. The van der Waals surface area contributed by atoms with E-state index in [0.717, 1.165) is 24.8 Å². The van der Waals surface area contributed by atoms with Crippen molar-refractivity contribution in [2.24, 2.45) is 17.8 Å². The van der Waals surface area contributed by atoms with Crippen LogP contribution in [-0.2, 0) is 16.1 Å². The van der Waals surface area contributed by atoms with Gasteiger partial charge in [-0.2, -0.15) is 0 Å². The summed E-state index contributed by atoms with van der Waals surface area (Å²) < 4.78 is 5.20. The van der Waals surface area contributed by atoms with Gasteiger partial charge in [-0.05, 0) is 49.5 Å². The van der Waals surface area contributed by atoms with Crippen LogP contribution in [0.4, 0.5) is 4.79 Å². The third-order valence-electron chi connectivity index (χ3n) is 5.50. The van der Waals surface area contributed by atoms with Gasteiger partial charge in [0.05, 0.1) is 0 Å². The molecule has 1 aromatic carbocycles. The minimum atomic E-state index is -1.26. The van der Waals surface area contributed by atoms with Crippen molar-refractivity contribution in [3.63, 3.8) is 0 Å². The summed E-state index contributed by atoms with van der Waals surface area (Å²) >= 11 is 0. The lowest BCUT2D eigenvalue weighted by Crippen LogP contribution is -2.58. The Hall–Kier alpha value is -2.04. The van der Waals surface area contributed by atoms with Gasteiger partial charge in [0.15, 0.2) is 0 Å². The largest absolute Gasteiger partial charge is 0.480 e. The van der Waals surface area contributed by atoms with Gasteiger partial charge in [-0.15, -0.1) is 0 Å². The second kappa shape index (κ2) is 6.22. The first kappa shape index (κ1) is 15.8. The van der Waals surface area contributed by atoms with Crippen molar-refractivity contribution < 1.29 is 19.4 Å². The number of rotatable bonds is 5. The minimum absolute atomic E-state index is 0.0111. The summed E-state index contributed by atoms with van der Waals surface area (Å²) in [4.78, 5) is 23.9. The standard InChI is InChI=1S/C18H23NO4/c1-18(16(20)21,15-10-13-7-8-14(15)9-13)19-17(22)23-11-12-5-3-2-4-6-12/h2-6,13-15H,7-11H2,1H3,(H,19,22)(H,20,21). The molecule has 23 heavy (non-hydrogen) atoms. The molecule has 0 radical (unpaired) electrons. The summed E-state index contributed by atoms with van der Waals surface area (Å²) in [6.07, 6.45) is 3.57. The molecule has 2 fully saturated rings. The molecule has 0 heterocycles. The van der Waals surface area contributed by atoms with Gasteiger partial charge in [-0.3, -0.25) is 0 Å². The van der Waals surface area contributed by atoms with Crippen LogP contribution in [0.1, 0.15) is 38.2 Å². The molecule has 124 valence electrons. The molecule has 5 heteroatoms. The Morgan fingerprint density at radius 3 is 2.57 bits per heavy atom. The van der Waals surface area contributed by atoms with E-state index < -0.39 is 17.6 Å². The number of carbonyl (C=O) groups excluding carboxylic acids is 1. The number of alkyl carbamates (subject to hydrolysis) is 1. The van der Waals surface area contributed by atoms with Crippen molar-refractivity contribution in [3.05, 3.63) is 35.9 Å². The second-order valence-corrected chi connectivity index (χ2v) is 6.98. The van der Waals surface area contributed by atoms with E-state index in [1.807, 2.05) is 30.3 Å². The Morgan fingerprint density at radius 2 is 2.00 bits per heavy atom. The Morgan fingerprint density at radius 1 is 1.26 bits per heavy atom. The number of hydrogen-bond donors (Lipinski definition) is 2. The maximum Gasteiger partial charge on any atom is 0.408 e. The fourth-order valence-corrected chi connectivity index (χ4v) is 4.23. The molecular weight excluding hydrogens is 294 g/mol. The van der Waals surface area contributed by atoms with Gasteiger partial charge >= 0.3 is 12.1 Å². The van der Waals surface area contributed by atoms with Gasteiger partial charge in [0.1, 0.15) is 12.1 Å². The number of carbonyl (C=O) groups is 2. The number of ether oxygens (including phenoxy) is 1. The lowest BCUT2D eigenvalue weighted by Gasteiger charge is -2.36. The summed E-state index contributed by atoms with van der Waals surface area (Å²) in [5.74, 6) is 0.0241. The molecule has 4 atom stereocenters. The van der Waals surface area contributed by atoms with Crippen molar-refractivity contribution in [1.82, 2.24) is 5.32 Å². The molecule has 2 aliphatic carbocycles. The van der Waals surface area contributed by atoms with Crippen LogP contribution in [0.15, 0.2) is 30.3 Å². The summed E-state index contributed by atoms with van der Waals surface area (Å²) in [5, 5.41) is 12.3. The highest BCUT2D eigenvalue weighted by Crippen LogP contribution is 2.52. The fourth-order valence-electron chi connectivity index (χ4n) is 4.23. The lowest BCUT2D eigenvalue weighted by molar-refractivity contribution is -0.147. The van der Waals surface area contributed by atoms with Gasteiger partial charge < -0.3 is 15.2 Å². The van der Waals surface area contributed by atoms with Gasteiger partial charge in [-0.25, -0.2) is 9.59 Å². The molecule has 2 aliphatic rings. The Bertz CT molecular complexity index is 588. The zero-order valence-electron chi connectivity index (χ0n) is 13.3. The first-order valence-electron chi connectivity index (χ1n) is 8.21. The summed E-state index contributed by atoms with van der Waals surface area (Å²) in [6.45, 7) is 1.75. The number of amides is 1. The molecule has 5 nitrogen and oxygen atoms in total. The van der Waals surface area contributed by atoms with E-state index in [9.17, 15) is 14.7 Å². The molecule has 2 saturated carbocycles. The Balaban J connectivity index is 1.63. The van der Waals surface area contributed by atoms with Crippen LogP contribution >= 0.6 is 0 Å². The molecule has 0 aromatic heterocycles. The maximum atomic E-state index is 12.1. The van der Waals surface area contributed by atoms with Crippen molar-refractivity contribution in [1.29, 1.82) is 0 Å². The summed E-state index contributed by atoms with van der Waals surface area (Å²) in [5.41, 5.74) is -0.382. The highest BCUT2D eigenvalue weighted by atomic mass is 16.5. The monoisotopic (exact) mass is 317 g/mol.